The third kappa shape index (κ3) is 6.68. The van der Waals surface area contributed by atoms with Crippen LogP contribution >= 0.6 is 0 Å². The molecule has 1 N–H and O–H groups in total. The summed E-state index contributed by atoms with van der Waals surface area (Å²) in [5.41, 5.74) is 2.78. The molecule has 0 saturated heterocycles. The van der Waals surface area contributed by atoms with Gasteiger partial charge in [0.05, 0.1) is 6.26 Å². The van der Waals surface area contributed by atoms with Crippen molar-refractivity contribution in [2.75, 3.05) is 46.5 Å². The van der Waals surface area contributed by atoms with Crippen LogP contribution in [0.15, 0.2) is 18.2 Å². The summed E-state index contributed by atoms with van der Waals surface area (Å²) in [7, 11) is 0.502. The minimum atomic E-state index is -3.28. The molecule has 130 valence electrons. The first kappa shape index (κ1) is 19.6. The first-order valence-electron chi connectivity index (χ1n) is 7.56. The SMILES string of the molecule is Cc1ccc(C(=O)NCCN(CCN(C)C)S(C)(=O)=O)cc1C. The van der Waals surface area contributed by atoms with Crippen LogP contribution in [0.25, 0.3) is 0 Å². The van der Waals surface area contributed by atoms with Crippen molar-refractivity contribution in [3.8, 4) is 0 Å². The van der Waals surface area contributed by atoms with Crippen LogP contribution in [0.2, 0.25) is 0 Å². The fraction of sp³-hybridized carbons (Fsp3) is 0.562. The molecule has 1 amide bonds. The lowest BCUT2D eigenvalue weighted by molar-refractivity contribution is 0.0951. The van der Waals surface area contributed by atoms with E-state index in [4.69, 9.17) is 0 Å². The van der Waals surface area contributed by atoms with Gasteiger partial charge in [0.2, 0.25) is 10.0 Å². The maximum absolute atomic E-state index is 12.1. The minimum absolute atomic E-state index is 0.186. The van der Waals surface area contributed by atoms with E-state index in [0.29, 0.717) is 18.7 Å². The van der Waals surface area contributed by atoms with Gasteiger partial charge in [0.15, 0.2) is 0 Å². The van der Waals surface area contributed by atoms with Gasteiger partial charge in [-0.1, -0.05) is 6.07 Å². The molecule has 0 aliphatic heterocycles. The van der Waals surface area contributed by atoms with E-state index in [1.165, 1.54) is 10.6 Å². The first-order chi connectivity index (χ1) is 10.6. The molecule has 0 atom stereocenters. The van der Waals surface area contributed by atoms with Crippen LogP contribution in [0.1, 0.15) is 21.5 Å². The average Bonchev–Trinajstić information content (AvgIpc) is 2.43. The average molecular weight is 341 g/mol. The van der Waals surface area contributed by atoms with E-state index in [0.717, 1.165) is 11.1 Å². The molecule has 0 unspecified atom stereocenters. The van der Waals surface area contributed by atoms with Crippen molar-refractivity contribution < 1.29 is 13.2 Å². The zero-order chi connectivity index (χ0) is 17.6. The molecule has 0 aromatic heterocycles. The molecule has 0 radical (unpaired) electrons. The van der Waals surface area contributed by atoms with Gasteiger partial charge in [0, 0.05) is 31.7 Å². The Morgan fingerprint density at radius 2 is 1.74 bits per heavy atom. The number of likely N-dealkylation sites (N-methyl/N-ethyl adjacent to an activating group) is 1. The minimum Gasteiger partial charge on any atom is -0.351 e. The molecule has 0 saturated carbocycles. The summed E-state index contributed by atoms with van der Waals surface area (Å²) in [5, 5.41) is 2.78. The lowest BCUT2D eigenvalue weighted by Crippen LogP contribution is -2.41. The molecule has 23 heavy (non-hydrogen) atoms. The van der Waals surface area contributed by atoms with E-state index in [2.05, 4.69) is 5.32 Å². The van der Waals surface area contributed by atoms with Crippen LogP contribution in [0.4, 0.5) is 0 Å². The van der Waals surface area contributed by atoms with Crippen molar-refractivity contribution in [3.63, 3.8) is 0 Å². The Morgan fingerprint density at radius 3 is 2.26 bits per heavy atom. The van der Waals surface area contributed by atoms with Crippen LogP contribution in [0.5, 0.6) is 0 Å². The summed E-state index contributed by atoms with van der Waals surface area (Å²) in [4.78, 5) is 14.0. The third-order valence-corrected chi connectivity index (χ3v) is 4.98. The first-order valence-corrected chi connectivity index (χ1v) is 9.41. The van der Waals surface area contributed by atoms with Crippen LogP contribution in [-0.2, 0) is 10.0 Å². The zero-order valence-electron chi connectivity index (χ0n) is 14.6. The van der Waals surface area contributed by atoms with Gasteiger partial charge in [-0.2, -0.15) is 4.31 Å². The molecular formula is C16H27N3O3S. The van der Waals surface area contributed by atoms with Gasteiger partial charge in [-0.3, -0.25) is 4.79 Å². The summed E-state index contributed by atoms with van der Waals surface area (Å²) in [6, 6.07) is 5.52. The smallest absolute Gasteiger partial charge is 0.251 e. The number of rotatable bonds is 8. The maximum Gasteiger partial charge on any atom is 0.251 e. The van der Waals surface area contributed by atoms with Crippen LogP contribution < -0.4 is 5.32 Å². The second kappa shape index (κ2) is 8.42. The Morgan fingerprint density at radius 1 is 1.09 bits per heavy atom. The number of nitrogens with zero attached hydrogens (tertiary/aromatic N) is 2. The van der Waals surface area contributed by atoms with Gasteiger partial charge in [0.1, 0.15) is 0 Å². The summed E-state index contributed by atoms with van der Waals surface area (Å²) < 4.78 is 24.9. The van der Waals surface area contributed by atoms with Crippen LogP contribution in [-0.4, -0.2) is 70.1 Å². The van der Waals surface area contributed by atoms with Crippen molar-refractivity contribution in [1.82, 2.24) is 14.5 Å². The standard InChI is InChI=1S/C16H27N3O3S/c1-13-6-7-15(12-14(13)2)16(20)17-8-9-19(23(5,21)22)11-10-18(3)4/h6-7,12H,8-11H2,1-5H3,(H,17,20). The Kier molecular flexibility index (Phi) is 7.18. The van der Waals surface area contributed by atoms with Crippen molar-refractivity contribution in [3.05, 3.63) is 34.9 Å². The summed E-state index contributed by atoms with van der Waals surface area (Å²) in [6.07, 6.45) is 1.19. The quantitative estimate of drug-likeness (QED) is 0.761. The van der Waals surface area contributed by atoms with Crippen LogP contribution in [0.3, 0.4) is 0 Å². The van der Waals surface area contributed by atoms with E-state index in [1.54, 1.807) is 6.07 Å². The van der Waals surface area contributed by atoms with Crippen LogP contribution in [0, 0.1) is 13.8 Å². The second-order valence-corrected chi connectivity index (χ2v) is 8.00. The molecule has 0 spiro atoms. The topological polar surface area (TPSA) is 69.7 Å². The number of hydrogen-bond acceptors (Lipinski definition) is 4. The van der Waals surface area contributed by atoms with E-state index in [-0.39, 0.29) is 19.0 Å². The molecule has 6 nitrogen and oxygen atoms in total. The number of hydrogen-bond donors (Lipinski definition) is 1. The fourth-order valence-corrected chi connectivity index (χ4v) is 2.87. The van der Waals surface area contributed by atoms with Crippen molar-refractivity contribution >= 4 is 15.9 Å². The zero-order valence-corrected chi connectivity index (χ0v) is 15.4. The van der Waals surface area contributed by atoms with Gasteiger partial charge < -0.3 is 10.2 Å². The summed E-state index contributed by atoms with van der Waals surface area (Å²) in [5.74, 6) is -0.186. The number of aryl methyl sites for hydroxylation is 2. The number of benzene rings is 1. The van der Waals surface area contributed by atoms with Crippen molar-refractivity contribution in [2.45, 2.75) is 13.8 Å². The van der Waals surface area contributed by atoms with E-state index in [1.807, 2.05) is 45.0 Å². The van der Waals surface area contributed by atoms with Gasteiger partial charge in [-0.25, -0.2) is 8.42 Å². The lowest BCUT2D eigenvalue weighted by Gasteiger charge is -2.22. The lowest BCUT2D eigenvalue weighted by atomic mass is 10.1. The molecule has 0 fully saturated rings. The predicted molar refractivity (Wildman–Crippen MR) is 93.2 cm³/mol. The molecule has 1 aromatic carbocycles. The molecule has 1 rings (SSSR count). The highest BCUT2D eigenvalue weighted by atomic mass is 32.2. The molecule has 0 aliphatic carbocycles. The number of sulfonamides is 1. The third-order valence-electron chi connectivity index (χ3n) is 3.68. The van der Waals surface area contributed by atoms with E-state index in [9.17, 15) is 13.2 Å². The highest BCUT2D eigenvalue weighted by Gasteiger charge is 2.16. The van der Waals surface area contributed by atoms with Crippen molar-refractivity contribution in [2.24, 2.45) is 0 Å². The second-order valence-electron chi connectivity index (χ2n) is 6.02. The largest absolute Gasteiger partial charge is 0.351 e. The number of nitrogens with one attached hydrogen (secondary N) is 1. The Labute approximate surface area is 139 Å². The number of amides is 1. The highest BCUT2D eigenvalue weighted by molar-refractivity contribution is 7.88. The molecule has 7 heteroatoms. The maximum atomic E-state index is 12.1. The Hall–Kier alpha value is -1.44. The van der Waals surface area contributed by atoms with Gasteiger partial charge >= 0.3 is 0 Å². The highest BCUT2D eigenvalue weighted by Crippen LogP contribution is 2.09. The summed E-state index contributed by atoms with van der Waals surface area (Å²) >= 11 is 0. The van der Waals surface area contributed by atoms with E-state index >= 15 is 0 Å². The van der Waals surface area contributed by atoms with E-state index < -0.39 is 10.0 Å². The monoisotopic (exact) mass is 341 g/mol. The Bertz CT molecular complexity index is 642. The molecule has 1 aromatic rings. The molecule has 0 aliphatic rings. The predicted octanol–water partition coefficient (Wildman–Crippen LogP) is 0.856. The summed E-state index contributed by atoms with van der Waals surface area (Å²) in [6.45, 7) is 5.55. The molecular weight excluding hydrogens is 314 g/mol. The molecule has 0 bridgehead atoms. The van der Waals surface area contributed by atoms with Gasteiger partial charge in [-0.05, 0) is 51.2 Å². The van der Waals surface area contributed by atoms with Gasteiger partial charge in [-0.15, -0.1) is 0 Å². The molecule has 0 heterocycles. The Balaban J connectivity index is 2.58. The van der Waals surface area contributed by atoms with Gasteiger partial charge in [0.25, 0.3) is 5.91 Å². The normalized spacial score (nSPS) is 12.0. The number of carbonyl (C=O) groups is 1. The number of carbonyl (C=O) groups excluding carboxylic acids is 1. The fourth-order valence-electron chi connectivity index (χ4n) is 2.03. The van der Waals surface area contributed by atoms with Crippen molar-refractivity contribution in [1.29, 1.82) is 0 Å².